The van der Waals surface area contributed by atoms with Crippen molar-refractivity contribution in [2.45, 2.75) is 0 Å². The number of carboxylic acids is 1. The third-order valence-electron chi connectivity index (χ3n) is 2.32. The van der Waals surface area contributed by atoms with E-state index in [2.05, 4.69) is 4.99 Å². The lowest BCUT2D eigenvalue weighted by Gasteiger charge is -2.07. The fourth-order valence-electron chi connectivity index (χ4n) is 1.32. The van der Waals surface area contributed by atoms with Gasteiger partial charge in [-0.25, -0.2) is 9.79 Å². The highest BCUT2D eigenvalue weighted by Gasteiger charge is 2.24. The molecule has 0 spiro atoms. The maximum atomic E-state index is 11.3. The summed E-state index contributed by atoms with van der Waals surface area (Å²) in [7, 11) is 1.67. The molecule has 1 N–H and O–H groups in total. The van der Waals surface area contributed by atoms with E-state index in [-0.39, 0.29) is 11.5 Å². The quantitative estimate of drug-likeness (QED) is 0.865. The van der Waals surface area contributed by atoms with Gasteiger partial charge >= 0.3 is 5.97 Å². The van der Waals surface area contributed by atoms with Crippen LogP contribution < -0.4 is 0 Å². The third-order valence-corrected chi connectivity index (χ3v) is 3.34. The Hall–Kier alpha value is -1.82. The standard InChI is InChI=1S/C11H10N2O3S/c1-13-9(14)6-17-11(13)12-8-4-2-7(3-5-8)10(15)16/h2-5H,6H2,1H3,(H,15,16)/b12-11+. The van der Waals surface area contributed by atoms with Crippen LogP contribution in [-0.4, -0.2) is 39.9 Å². The van der Waals surface area contributed by atoms with Gasteiger partial charge in [0.1, 0.15) is 0 Å². The van der Waals surface area contributed by atoms with Gasteiger partial charge in [-0.05, 0) is 24.3 Å². The monoisotopic (exact) mass is 250 g/mol. The number of hydrogen-bond acceptors (Lipinski definition) is 4. The van der Waals surface area contributed by atoms with Crippen molar-refractivity contribution in [1.29, 1.82) is 0 Å². The van der Waals surface area contributed by atoms with Crippen LogP contribution >= 0.6 is 11.8 Å². The molecule has 1 aliphatic rings. The molecule has 6 heteroatoms. The van der Waals surface area contributed by atoms with Gasteiger partial charge in [-0.3, -0.25) is 9.69 Å². The molecule has 88 valence electrons. The van der Waals surface area contributed by atoms with Gasteiger partial charge < -0.3 is 5.11 Å². The van der Waals surface area contributed by atoms with Crippen molar-refractivity contribution in [3.63, 3.8) is 0 Å². The number of rotatable bonds is 2. The summed E-state index contributed by atoms with van der Waals surface area (Å²) in [4.78, 5) is 27.7. The molecule has 5 nitrogen and oxygen atoms in total. The van der Waals surface area contributed by atoms with Crippen molar-refractivity contribution in [2.24, 2.45) is 4.99 Å². The fraction of sp³-hybridized carbons (Fsp3) is 0.182. The van der Waals surface area contributed by atoms with Crippen molar-refractivity contribution < 1.29 is 14.7 Å². The highest BCUT2D eigenvalue weighted by Crippen LogP contribution is 2.22. The maximum Gasteiger partial charge on any atom is 0.335 e. The number of nitrogens with zero attached hydrogens (tertiary/aromatic N) is 2. The van der Waals surface area contributed by atoms with Crippen LogP contribution in [0, 0.1) is 0 Å². The zero-order chi connectivity index (χ0) is 12.4. The molecule has 0 atom stereocenters. The molecule has 0 aliphatic carbocycles. The number of amides is 1. The average molecular weight is 250 g/mol. The van der Waals surface area contributed by atoms with Crippen LogP contribution in [0.3, 0.4) is 0 Å². The average Bonchev–Trinajstić information content (AvgIpc) is 2.62. The van der Waals surface area contributed by atoms with Gasteiger partial charge in [-0.15, -0.1) is 0 Å². The number of carboxylic acid groups (broad SMARTS) is 1. The molecular formula is C11H10N2O3S. The third kappa shape index (κ3) is 2.47. The zero-order valence-electron chi connectivity index (χ0n) is 9.08. The van der Waals surface area contributed by atoms with Crippen molar-refractivity contribution in [1.82, 2.24) is 4.90 Å². The Kier molecular flexibility index (Phi) is 3.14. The van der Waals surface area contributed by atoms with Crippen molar-refractivity contribution in [2.75, 3.05) is 12.8 Å². The van der Waals surface area contributed by atoms with E-state index in [1.165, 1.54) is 28.8 Å². The second-order valence-electron chi connectivity index (χ2n) is 3.49. The number of aliphatic imine (C=N–C) groups is 1. The Balaban J connectivity index is 2.22. The van der Waals surface area contributed by atoms with Crippen LogP contribution in [0.2, 0.25) is 0 Å². The van der Waals surface area contributed by atoms with E-state index in [0.29, 0.717) is 16.6 Å². The first-order valence-corrected chi connectivity index (χ1v) is 5.88. The fourth-order valence-corrected chi connectivity index (χ4v) is 2.23. The van der Waals surface area contributed by atoms with E-state index in [0.717, 1.165) is 0 Å². The number of carbonyl (C=O) groups excluding carboxylic acids is 1. The molecule has 1 aromatic carbocycles. The Morgan fingerprint density at radius 1 is 1.41 bits per heavy atom. The highest BCUT2D eigenvalue weighted by atomic mass is 32.2. The number of benzene rings is 1. The lowest BCUT2D eigenvalue weighted by atomic mass is 10.2. The topological polar surface area (TPSA) is 70.0 Å². The van der Waals surface area contributed by atoms with Crippen molar-refractivity contribution >= 4 is 34.5 Å². The lowest BCUT2D eigenvalue weighted by Crippen LogP contribution is -2.24. The number of amidine groups is 1. The first-order valence-electron chi connectivity index (χ1n) is 4.89. The number of aromatic carboxylic acids is 1. The van der Waals surface area contributed by atoms with E-state index in [1.807, 2.05) is 0 Å². The number of carbonyl (C=O) groups is 2. The minimum Gasteiger partial charge on any atom is -0.478 e. The van der Waals surface area contributed by atoms with E-state index in [4.69, 9.17) is 5.11 Å². The summed E-state index contributed by atoms with van der Waals surface area (Å²) in [5.74, 6) is -0.537. The summed E-state index contributed by atoms with van der Waals surface area (Å²) in [5.41, 5.74) is 0.858. The molecule has 1 heterocycles. The second kappa shape index (κ2) is 4.58. The Bertz CT molecular complexity index is 496. The molecule has 1 aliphatic heterocycles. The summed E-state index contributed by atoms with van der Waals surface area (Å²) in [6, 6.07) is 6.22. The SMILES string of the molecule is CN1C(=O)CS/C1=N/c1ccc(C(=O)O)cc1. The van der Waals surface area contributed by atoms with Crippen LogP contribution in [0.1, 0.15) is 10.4 Å². The molecule has 1 amide bonds. The molecule has 1 fully saturated rings. The van der Waals surface area contributed by atoms with Crippen LogP contribution in [0.4, 0.5) is 5.69 Å². The summed E-state index contributed by atoms with van der Waals surface area (Å²) in [6.45, 7) is 0. The smallest absolute Gasteiger partial charge is 0.335 e. The van der Waals surface area contributed by atoms with Gasteiger partial charge in [0.15, 0.2) is 5.17 Å². The summed E-state index contributed by atoms with van der Waals surface area (Å²) >= 11 is 1.37. The molecular weight excluding hydrogens is 240 g/mol. The normalized spacial score (nSPS) is 17.8. The van der Waals surface area contributed by atoms with Crippen LogP contribution in [0.25, 0.3) is 0 Å². The first-order chi connectivity index (χ1) is 8.08. The predicted octanol–water partition coefficient (Wildman–Crippen LogP) is 1.58. The highest BCUT2D eigenvalue weighted by molar-refractivity contribution is 8.15. The zero-order valence-corrected chi connectivity index (χ0v) is 9.90. The second-order valence-corrected chi connectivity index (χ2v) is 4.43. The van der Waals surface area contributed by atoms with Gasteiger partial charge in [0, 0.05) is 7.05 Å². The predicted molar refractivity (Wildman–Crippen MR) is 65.7 cm³/mol. The molecule has 0 aromatic heterocycles. The molecule has 17 heavy (non-hydrogen) atoms. The first kappa shape index (κ1) is 11.7. The lowest BCUT2D eigenvalue weighted by molar-refractivity contribution is -0.123. The van der Waals surface area contributed by atoms with Gasteiger partial charge in [0.25, 0.3) is 0 Å². The summed E-state index contributed by atoms with van der Waals surface area (Å²) < 4.78 is 0. The Morgan fingerprint density at radius 3 is 2.53 bits per heavy atom. The van der Waals surface area contributed by atoms with Crippen LogP contribution in [0.15, 0.2) is 29.3 Å². The van der Waals surface area contributed by atoms with Gasteiger partial charge in [-0.1, -0.05) is 11.8 Å². The maximum absolute atomic E-state index is 11.3. The molecule has 0 bridgehead atoms. The molecule has 0 saturated carbocycles. The molecule has 1 saturated heterocycles. The minimum atomic E-state index is -0.966. The largest absolute Gasteiger partial charge is 0.478 e. The Morgan fingerprint density at radius 2 is 2.06 bits per heavy atom. The summed E-state index contributed by atoms with van der Waals surface area (Å²) in [5, 5.41) is 9.38. The molecule has 2 rings (SSSR count). The van der Waals surface area contributed by atoms with Gasteiger partial charge in [-0.2, -0.15) is 0 Å². The molecule has 0 unspecified atom stereocenters. The van der Waals surface area contributed by atoms with E-state index >= 15 is 0 Å². The van der Waals surface area contributed by atoms with Crippen LogP contribution in [-0.2, 0) is 4.79 Å². The van der Waals surface area contributed by atoms with E-state index in [9.17, 15) is 9.59 Å². The van der Waals surface area contributed by atoms with Gasteiger partial charge in [0.2, 0.25) is 5.91 Å². The van der Waals surface area contributed by atoms with E-state index < -0.39 is 5.97 Å². The molecule has 1 aromatic rings. The number of hydrogen-bond donors (Lipinski definition) is 1. The van der Waals surface area contributed by atoms with Crippen molar-refractivity contribution in [3.8, 4) is 0 Å². The van der Waals surface area contributed by atoms with Gasteiger partial charge in [0.05, 0.1) is 17.0 Å². The Labute approximate surface area is 102 Å². The minimum absolute atomic E-state index is 0.0240. The van der Waals surface area contributed by atoms with Crippen molar-refractivity contribution in [3.05, 3.63) is 29.8 Å². The number of thioether (sulfide) groups is 1. The van der Waals surface area contributed by atoms with Crippen LogP contribution in [0.5, 0.6) is 0 Å². The van der Waals surface area contributed by atoms with E-state index in [1.54, 1.807) is 19.2 Å². The molecule has 0 radical (unpaired) electrons. The summed E-state index contributed by atoms with van der Waals surface area (Å²) in [6.07, 6.45) is 0.